The van der Waals surface area contributed by atoms with Gasteiger partial charge in [0.2, 0.25) is 0 Å². The van der Waals surface area contributed by atoms with Crippen LogP contribution in [-0.4, -0.2) is 25.3 Å². The lowest BCUT2D eigenvalue weighted by Crippen LogP contribution is -2.20. The van der Waals surface area contributed by atoms with Gasteiger partial charge in [-0.1, -0.05) is 39.7 Å². The summed E-state index contributed by atoms with van der Waals surface area (Å²) < 4.78 is 23.2. The van der Waals surface area contributed by atoms with Crippen molar-refractivity contribution in [1.82, 2.24) is 0 Å². The molecule has 1 aromatic carbocycles. The minimum absolute atomic E-state index is 0.310. The molecule has 0 bridgehead atoms. The van der Waals surface area contributed by atoms with Crippen molar-refractivity contribution in [3.05, 3.63) is 34.9 Å². The van der Waals surface area contributed by atoms with Gasteiger partial charge < -0.3 is 0 Å². The molecule has 19 heavy (non-hydrogen) atoms. The zero-order chi connectivity index (χ0) is 14.0. The van der Waals surface area contributed by atoms with E-state index in [1.807, 2.05) is 0 Å². The van der Waals surface area contributed by atoms with Crippen molar-refractivity contribution in [2.75, 3.05) is 16.8 Å². The molecule has 1 aliphatic rings. The monoisotopic (exact) mass is 344 g/mol. The summed E-state index contributed by atoms with van der Waals surface area (Å²) in [6.07, 6.45) is 1.79. The van der Waals surface area contributed by atoms with Gasteiger partial charge in [0.25, 0.3) is 0 Å². The topological polar surface area (TPSA) is 34.1 Å². The summed E-state index contributed by atoms with van der Waals surface area (Å²) in [6.45, 7) is 4.23. The Morgan fingerprint density at radius 3 is 2.68 bits per heavy atom. The Hall–Kier alpha value is -0.350. The third kappa shape index (κ3) is 3.82. The van der Waals surface area contributed by atoms with Crippen LogP contribution in [0.3, 0.4) is 0 Å². The van der Waals surface area contributed by atoms with Crippen LogP contribution in [0.1, 0.15) is 23.1 Å². The quantitative estimate of drug-likeness (QED) is 0.785. The van der Waals surface area contributed by atoms with E-state index in [1.54, 1.807) is 0 Å². The molecule has 1 aromatic rings. The smallest absolute Gasteiger partial charge is 0.150 e. The molecule has 1 saturated heterocycles. The highest BCUT2D eigenvalue weighted by molar-refractivity contribution is 9.09. The fourth-order valence-electron chi connectivity index (χ4n) is 2.85. The Kier molecular flexibility index (Phi) is 4.72. The zero-order valence-electron chi connectivity index (χ0n) is 11.5. The predicted molar refractivity (Wildman–Crippen MR) is 83.7 cm³/mol. The molecule has 106 valence electrons. The largest absolute Gasteiger partial charge is 0.229 e. The molecule has 0 spiro atoms. The van der Waals surface area contributed by atoms with Crippen LogP contribution in [0.4, 0.5) is 0 Å². The van der Waals surface area contributed by atoms with E-state index in [-0.39, 0.29) is 0 Å². The predicted octanol–water partition coefficient (Wildman–Crippen LogP) is 3.29. The normalized spacial score (nSPS) is 23.4. The number of benzene rings is 1. The fraction of sp³-hybridized carbons (Fsp3) is 0.600. The molecule has 0 saturated carbocycles. The Labute approximate surface area is 124 Å². The van der Waals surface area contributed by atoms with E-state index < -0.39 is 9.84 Å². The van der Waals surface area contributed by atoms with Gasteiger partial charge in [0.05, 0.1) is 11.5 Å². The van der Waals surface area contributed by atoms with Crippen molar-refractivity contribution in [3.63, 3.8) is 0 Å². The highest BCUT2D eigenvalue weighted by Crippen LogP contribution is 2.30. The maximum absolute atomic E-state index is 11.6. The maximum atomic E-state index is 11.6. The number of halogens is 1. The molecule has 0 N–H and O–H groups in total. The van der Waals surface area contributed by atoms with Gasteiger partial charge in [0.1, 0.15) is 0 Å². The minimum Gasteiger partial charge on any atom is -0.229 e. The van der Waals surface area contributed by atoms with Crippen LogP contribution in [0.5, 0.6) is 0 Å². The molecule has 2 nitrogen and oxygen atoms in total. The number of hydrogen-bond donors (Lipinski definition) is 0. The summed E-state index contributed by atoms with van der Waals surface area (Å²) in [5, 5.41) is 0.876. The van der Waals surface area contributed by atoms with Gasteiger partial charge in [-0.05, 0) is 49.7 Å². The maximum Gasteiger partial charge on any atom is 0.150 e. The first kappa shape index (κ1) is 15.0. The third-order valence-corrected chi connectivity index (χ3v) is 6.74. The van der Waals surface area contributed by atoms with Gasteiger partial charge in [-0.2, -0.15) is 0 Å². The van der Waals surface area contributed by atoms with Crippen LogP contribution in [0.25, 0.3) is 0 Å². The summed E-state index contributed by atoms with van der Waals surface area (Å²) in [5.41, 5.74) is 3.93. The highest BCUT2D eigenvalue weighted by atomic mass is 79.9. The zero-order valence-corrected chi connectivity index (χ0v) is 13.9. The van der Waals surface area contributed by atoms with Crippen molar-refractivity contribution >= 4 is 25.8 Å². The lowest BCUT2D eigenvalue weighted by Gasteiger charge is -2.21. The Balaban J connectivity index is 2.13. The summed E-state index contributed by atoms with van der Waals surface area (Å²) in [4.78, 5) is 0. The van der Waals surface area contributed by atoms with Crippen LogP contribution in [-0.2, 0) is 16.3 Å². The molecule has 1 heterocycles. The first-order valence-corrected chi connectivity index (χ1v) is 9.68. The molecule has 0 aliphatic carbocycles. The number of hydrogen-bond acceptors (Lipinski definition) is 2. The molecule has 0 radical (unpaired) electrons. The Morgan fingerprint density at radius 2 is 2.11 bits per heavy atom. The van der Waals surface area contributed by atoms with E-state index in [2.05, 4.69) is 48.0 Å². The average molecular weight is 345 g/mol. The highest BCUT2D eigenvalue weighted by Gasteiger charge is 2.33. The summed E-state index contributed by atoms with van der Waals surface area (Å²) in [5.74, 6) is 1.46. The number of aryl methyl sites for hydroxylation is 2. The van der Waals surface area contributed by atoms with Crippen LogP contribution in [0, 0.1) is 25.7 Å². The SMILES string of the molecule is Cc1ccc(C)c(CC(CBr)C2CCS(=O)(=O)C2)c1. The lowest BCUT2D eigenvalue weighted by atomic mass is 9.86. The number of alkyl halides is 1. The second kappa shape index (κ2) is 5.96. The van der Waals surface area contributed by atoms with E-state index in [9.17, 15) is 8.42 Å². The van der Waals surface area contributed by atoms with Crippen molar-refractivity contribution in [3.8, 4) is 0 Å². The minimum atomic E-state index is -2.78. The van der Waals surface area contributed by atoms with E-state index in [0.717, 1.165) is 18.2 Å². The Morgan fingerprint density at radius 1 is 1.37 bits per heavy atom. The van der Waals surface area contributed by atoms with E-state index >= 15 is 0 Å². The summed E-state index contributed by atoms with van der Waals surface area (Å²) in [7, 11) is -2.78. The van der Waals surface area contributed by atoms with Crippen LogP contribution in [0.15, 0.2) is 18.2 Å². The van der Waals surface area contributed by atoms with Gasteiger partial charge >= 0.3 is 0 Å². The molecule has 2 unspecified atom stereocenters. The van der Waals surface area contributed by atoms with Gasteiger partial charge in [-0.15, -0.1) is 0 Å². The number of sulfone groups is 1. The van der Waals surface area contributed by atoms with E-state index in [1.165, 1.54) is 16.7 Å². The molecule has 0 aromatic heterocycles. The van der Waals surface area contributed by atoms with Crippen LogP contribution < -0.4 is 0 Å². The molecular weight excluding hydrogens is 324 g/mol. The molecule has 1 fully saturated rings. The first-order chi connectivity index (χ1) is 8.91. The number of rotatable bonds is 4. The van der Waals surface area contributed by atoms with Crippen molar-refractivity contribution < 1.29 is 8.42 Å². The second-order valence-corrected chi connectivity index (χ2v) is 8.59. The molecule has 0 amide bonds. The third-order valence-electron chi connectivity index (χ3n) is 4.12. The van der Waals surface area contributed by atoms with Crippen LogP contribution >= 0.6 is 15.9 Å². The average Bonchev–Trinajstić information content (AvgIpc) is 2.70. The van der Waals surface area contributed by atoms with E-state index in [4.69, 9.17) is 0 Å². The van der Waals surface area contributed by atoms with Gasteiger partial charge in [-0.25, -0.2) is 8.42 Å². The first-order valence-electron chi connectivity index (χ1n) is 6.74. The molecule has 2 atom stereocenters. The summed E-state index contributed by atoms with van der Waals surface area (Å²) in [6, 6.07) is 6.51. The fourth-order valence-corrected chi connectivity index (χ4v) is 5.52. The van der Waals surface area contributed by atoms with Gasteiger partial charge in [-0.3, -0.25) is 0 Å². The second-order valence-electron chi connectivity index (χ2n) is 5.71. The molecule has 2 rings (SSSR count). The van der Waals surface area contributed by atoms with E-state index in [0.29, 0.717) is 23.3 Å². The Bertz CT molecular complexity index is 551. The van der Waals surface area contributed by atoms with Crippen molar-refractivity contribution in [2.45, 2.75) is 26.7 Å². The van der Waals surface area contributed by atoms with Crippen molar-refractivity contribution in [2.24, 2.45) is 11.8 Å². The standard InChI is InChI=1S/C15H21BrO2S/c1-11-3-4-12(2)14(7-11)8-15(9-16)13-5-6-19(17,18)10-13/h3-4,7,13,15H,5-6,8-10H2,1-2H3. The lowest BCUT2D eigenvalue weighted by molar-refractivity contribution is 0.401. The van der Waals surface area contributed by atoms with Gasteiger partial charge in [0, 0.05) is 5.33 Å². The summed E-state index contributed by atoms with van der Waals surface area (Å²) >= 11 is 3.57. The molecule has 1 aliphatic heterocycles. The molecular formula is C15H21BrO2S. The van der Waals surface area contributed by atoms with Crippen LogP contribution in [0.2, 0.25) is 0 Å². The van der Waals surface area contributed by atoms with Gasteiger partial charge in [0.15, 0.2) is 9.84 Å². The van der Waals surface area contributed by atoms with Crippen molar-refractivity contribution in [1.29, 1.82) is 0 Å². The molecule has 4 heteroatoms.